The lowest BCUT2D eigenvalue weighted by Gasteiger charge is -2.28. The molecule has 0 radical (unpaired) electrons. The normalized spacial score (nSPS) is 21.8. The summed E-state index contributed by atoms with van der Waals surface area (Å²) in [5.41, 5.74) is 0. The van der Waals surface area contributed by atoms with Crippen molar-refractivity contribution in [2.45, 2.75) is 39.2 Å². The van der Waals surface area contributed by atoms with Crippen LogP contribution in [0.2, 0.25) is 0 Å². The van der Waals surface area contributed by atoms with E-state index < -0.39 is 5.97 Å². The van der Waals surface area contributed by atoms with Crippen molar-refractivity contribution in [3.8, 4) is 0 Å². The largest absolute Gasteiger partial charge is 0.481 e. The zero-order valence-electron chi connectivity index (χ0n) is 12.1. The molecule has 1 aliphatic rings. The molecule has 7 nitrogen and oxygen atoms in total. The number of nitrogens with one attached hydrogen (secondary N) is 2. The number of carbonyl (C=O) groups is 2. The van der Waals surface area contributed by atoms with Crippen molar-refractivity contribution in [2.24, 2.45) is 11.8 Å². The van der Waals surface area contributed by atoms with E-state index in [-0.39, 0.29) is 24.4 Å². The van der Waals surface area contributed by atoms with Crippen LogP contribution in [0.15, 0.2) is 10.6 Å². The number of carbonyl (C=O) groups excluding carboxylic acids is 1. The fraction of sp³-hybridized carbons (Fsp3) is 0.643. The van der Waals surface area contributed by atoms with Gasteiger partial charge < -0.3 is 20.2 Å². The molecule has 0 aliphatic heterocycles. The Morgan fingerprint density at radius 1 is 1.38 bits per heavy atom. The van der Waals surface area contributed by atoms with Gasteiger partial charge in [0.25, 0.3) is 0 Å². The third kappa shape index (κ3) is 4.47. The number of rotatable bonds is 5. The summed E-state index contributed by atoms with van der Waals surface area (Å²) < 4.78 is 5.25. The van der Waals surface area contributed by atoms with E-state index >= 15 is 0 Å². The second-order valence-electron chi connectivity index (χ2n) is 5.42. The number of amides is 2. The molecule has 2 amide bonds. The van der Waals surface area contributed by atoms with Gasteiger partial charge in [-0.3, -0.25) is 4.79 Å². The summed E-state index contributed by atoms with van der Waals surface area (Å²) in [5, 5.41) is 14.6. The number of hydrogen-bond donors (Lipinski definition) is 3. The number of aromatic nitrogens is 1. The van der Waals surface area contributed by atoms with Crippen molar-refractivity contribution in [3.05, 3.63) is 17.8 Å². The van der Waals surface area contributed by atoms with Crippen molar-refractivity contribution in [3.63, 3.8) is 0 Å². The second kappa shape index (κ2) is 7.10. The van der Waals surface area contributed by atoms with E-state index in [1.165, 1.54) is 0 Å². The van der Waals surface area contributed by atoms with Crippen LogP contribution >= 0.6 is 0 Å². The summed E-state index contributed by atoms with van der Waals surface area (Å²) >= 11 is 0. The van der Waals surface area contributed by atoms with Crippen LogP contribution in [-0.4, -0.2) is 28.6 Å². The molecule has 2 unspecified atom stereocenters. The molecule has 0 spiro atoms. The quantitative estimate of drug-likeness (QED) is 0.766. The van der Waals surface area contributed by atoms with Gasteiger partial charge in [-0.1, -0.05) is 12.8 Å². The lowest BCUT2D eigenvalue weighted by molar-refractivity contribution is -0.144. The third-order valence-electron chi connectivity index (χ3n) is 3.82. The maximum Gasteiger partial charge on any atom is 0.315 e. The van der Waals surface area contributed by atoms with Gasteiger partial charge in [0.05, 0.1) is 18.7 Å². The molecule has 1 fully saturated rings. The number of carboxylic acids is 1. The molecule has 3 N–H and O–H groups in total. The highest BCUT2D eigenvalue weighted by molar-refractivity contribution is 5.74. The molecule has 0 saturated heterocycles. The zero-order chi connectivity index (χ0) is 15.2. The highest BCUT2D eigenvalue weighted by Gasteiger charge is 2.30. The summed E-state index contributed by atoms with van der Waals surface area (Å²) in [6, 6.07) is -0.333. The average molecular weight is 295 g/mol. The fourth-order valence-electron chi connectivity index (χ4n) is 2.70. The standard InChI is InChI=1S/C14H21N3O4/c1-9-6-15-12(21-9)8-17-14(20)16-7-10-4-2-3-5-11(10)13(18)19/h6,10-11H,2-5,7-8H2,1H3,(H,18,19)(H2,16,17,20). The Bertz CT molecular complexity index is 500. The van der Waals surface area contributed by atoms with Crippen LogP contribution in [-0.2, 0) is 11.3 Å². The molecule has 1 saturated carbocycles. The Balaban J connectivity index is 1.73. The second-order valence-corrected chi connectivity index (χ2v) is 5.42. The molecule has 1 aromatic heterocycles. The highest BCUT2D eigenvalue weighted by Crippen LogP contribution is 2.29. The van der Waals surface area contributed by atoms with E-state index in [1.807, 2.05) is 0 Å². The first-order chi connectivity index (χ1) is 10.1. The monoisotopic (exact) mass is 295 g/mol. The summed E-state index contributed by atoms with van der Waals surface area (Å²) in [6.07, 6.45) is 5.10. The number of oxazole rings is 1. The number of carboxylic acid groups (broad SMARTS) is 1. The molecule has 1 aromatic rings. The van der Waals surface area contributed by atoms with Crippen molar-refractivity contribution in [1.29, 1.82) is 0 Å². The average Bonchev–Trinajstić information content (AvgIpc) is 2.88. The van der Waals surface area contributed by atoms with E-state index in [1.54, 1.807) is 13.1 Å². The molecule has 7 heteroatoms. The van der Waals surface area contributed by atoms with Crippen molar-refractivity contribution in [2.75, 3.05) is 6.54 Å². The SMILES string of the molecule is Cc1cnc(CNC(=O)NCC2CCCCC2C(=O)O)o1. The molecular weight excluding hydrogens is 274 g/mol. The molecule has 1 aliphatic carbocycles. The minimum absolute atomic E-state index is 0.00554. The fourth-order valence-corrected chi connectivity index (χ4v) is 2.70. The first kappa shape index (κ1) is 15.3. The Morgan fingerprint density at radius 2 is 2.14 bits per heavy atom. The molecule has 0 bridgehead atoms. The van der Waals surface area contributed by atoms with Crippen LogP contribution < -0.4 is 10.6 Å². The van der Waals surface area contributed by atoms with Crippen molar-refractivity contribution < 1.29 is 19.1 Å². The first-order valence-electron chi connectivity index (χ1n) is 7.22. The lowest BCUT2D eigenvalue weighted by Crippen LogP contribution is -2.41. The Hall–Kier alpha value is -2.05. The van der Waals surface area contributed by atoms with Crippen LogP contribution in [0.5, 0.6) is 0 Å². The smallest absolute Gasteiger partial charge is 0.315 e. The lowest BCUT2D eigenvalue weighted by atomic mass is 9.79. The minimum Gasteiger partial charge on any atom is -0.481 e. The molecule has 0 aromatic carbocycles. The van der Waals surface area contributed by atoms with E-state index in [0.717, 1.165) is 19.3 Å². The predicted molar refractivity (Wildman–Crippen MR) is 74.6 cm³/mol. The van der Waals surface area contributed by atoms with Crippen LogP contribution in [0.4, 0.5) is 4.79 Å². The molecule has 116 valence electrons. The molecular formula is C14H21N3O4. The Kier molecular flexibility index (Phi) is 5.19. The number of aryl methyl sites for hydroxylation is 1. The third-order valence-corrected chi connectivity index (χ3v) is 3.82. The highest BCUT2D eigenvalue weighted by atomic mass is 16.4. The maximum atomic E-state index is 11.7. The van der Waals surface area contributed by atoms with Gasteiger partial charge in [-0.05, 0) is 25.7 Å². The van der Waals surface area contributed by atoms with Crippen molar-refractivity contribution >= 4 is 12.0 Å². The molecule has 1 heterocycles. The van der Waals surface area contributed by atoms with Gasteiger partial charge in [0, 0.05) is 6.54 Å². The number of urea groups is 1. The Labute approximate surface area is 123 Å². The minimum atomic E-state index is -0.767. The Morgan fingerprint density at radius 3 is 2.81 bits per heavy atom. The van der Waals surface area contributed by atoms with Gasteiger partial charge in [0.2, 0.25) is 5.89 Å². The number of nitrogens with zero attached hydrogens (tertiary/aromatic N) is 1. The first-order valence-corrected chi connectivity index (χ1v) is 7.22. The van der Waals surface area contributed by atoms with Gasteiger partial charge in [-0.25, -0.2) is 9.78 Å². The predicted octanol–water partition coefficient (Wildman–Crippen LogP) is 1.67. The van der Waals surface area contributed by atoms with Crippen LogP contribution in [0, 0.1) is 18.8 Å². The van der Waals surface area contributed by atoms with E-state index in [9.17, 15) is 14.7 Å². The van der Waals surface area contributed by atoms with Gasteiger partial charge in [0.1, 0.15) is 5.76 Å². The molecule has 2 atom stereocenters. The summed E-state index contributed by atoms with van der Waals surface area (Å²) in [5.74, 6) is 0.0269. The topological polar surface area (TPSA) is 104 Å². The van der Waals surface area contributed by atoms with Gasteiger partial charge in [-0.15, -0.1) is 0 Å². The van der Waals surface area contributed by atoms with Gasteiger partial charge in [0.15, 0.2) is 0 Å². The summed E-state index contributed by atoms with van der Waals surface area (Å²) in [7, 11) is 0. The van der Waals surface area contributed by atoms with Crippen LogP contribution in [0.25, 0.3) is 0 Å². The van der Waals surface area contributed by atoms with Gasteiger partial charge >= 0.3 is 12.0 Å². The van der Waals surface area contributed by atoms with Crippen LogP contribution in [0.3, 0.4) is 0 Å². The molecule has 21 heavy (non-hydrogen) atoms. The van der Waals surface area contributed by atoms with Crippen molar-refractivity contribution in [1.82, 2.24) is 15.6 Å². The van der Waals surface area contributed by atoms with E-state index in [0.29, 0.717) is 24.6 Å². The summed E-state index contributed by atoms with van der Waals surface area (Å²) in [4.78, 5) is 26.9. The van der Waals surface area contributed by atoms with E-state index in [4.69, 9.17) is 4.42 Å². The number of hydrogen-bond acceptors (Lipinski definition) is 4. The summed E-state index contributed by atoms with van der Waals surface area (Å²) in [6.45, 7) is 2.38. The van der Waals surface area contributed by atoms with Crippen LogP contribution in [0.1, 0.15) is 37.3 Å². The number of aliphatic carboxylic acids is 1. The maximum absolute atomic E-state index is 11.7. The van der Waals surface area contributed by atoms with E-state index in [2.05, 4.69) is 15.6 Å². The zero-order valence-corrected chi connectivity index (χ0v) is 12.1. The molecule has 2 rings (SSSR count). The van der Waals surface area contributed by atoms with Gasteiger partial charge in [-0.2, -0.15) is 0 Å².